The minimum atomic E-state index is 0.0631. The Morgan fingerprint density at radius 1 is 1.35 bits per heavy atom. The normalized spacial score (nSPS) is 11.3. The lowest BCUT2D eigenvalue weighted by Crippen LogP contribution is -2.02. The first kappa shape index (κ1) is 19.4. The van der Waals surface area contributed by atoms with Crippen LogP contribution in [0.3, 0.4) is 0 Å². The van der Waals surface area contributed by atoms with Crippen LogP contribution in [-0.4, -0.2) is 28.2 Å². The number of aliphatic imine (C=N–C) groups is 1. The first-order chi connectivity index (χ1) is 12.5. The van der Waals surface area contributed by atoms with E-state index in [2.05, 4.69) is 4.99 Å². The number of benzene rings is 1. The van der Waals surface area contributed by atoms with Gasteiger partial charge in [0.1, 0.15) is 5.82 Å². The van der Waals surface area contributed by atoms with Crippen LogP contribution >= 0.6 is 0 Å². The molecule has 1 heterocycles. The van der Waals surface area contributed by atoms with Crippen LogP contribution < -0.4 is 0 Å². The van der Waals surface area contributed by atoms with Crippen molar-refractivity contribution in [3.8, 4) is 17.2 Å². The molecule has 2 rings (SSSR count). The zero-order valence-corrected chi connectivity index (χ0v) is 15.5. The van der Waals surface area contributed by atoms with Crippen molar-refractivity contribution in [2.45, 2.75) is 33.7 Å². The van der Waals surface area contributed by atoms with E-state index in [1.165, 1.54) is 6.08 Å². The predicted octanol–water partition coefficient (Wildman–Crippen LogP) is 4.49. The van der Waals surface area contributed by atoms with Crippen molar-refractivity contribution in [1.82, 2.24) is 4.57 Å². The Kier molecular flexibility index (Phi) is 6.65. The number of nitrogens with zero attached hydrogens (tertiary/aromatic N) is 3. The Labute approximate surface area is 154 Å². The van der Waals surface area contributed by atoms with E-state index in [-0.39, 0.29) is 6.61 Å². The number of aliphatic hydroxyl groups excluding tert-OH is 1. The summed E-state index contributed by atoms with van der Waals surface area (Å²) in [7, 11) is 0. The maximum Gasteiger partial charge on any atom is 0.142 e. The Balaban J connectivity index is 2.89. The third-order valence-corrected chi connectivity index (χ3v) is 4.10. The smallest absolute Gasteiger partial charge is 0.142 e. The molecule has 0 saturated carbocycles. The molecule has 0 aliphatic rings. The monoisotopic (exact) mass is 348 g/mol. The SMILES string of the molecule is CC=Nc1c(C(C)=N)c(-c2ccc(C)cc2)c(/C=C/C#N)n1CCCO. The third-order valence-electron chi connectivity index (χ3n) is 4.10. The fraction of sp³-hybridized carbons (Fsp3) is 0.286. The number of hydrogen-bond acceptors (Lipinski definition) is 4. The molecule has 0 radical (unpaired) electrons. The van der Waals surface area contributed by atoms with E-state index in [0.717, 1.165) is 27.9 Å². The van der Waals surface area contributed by atoms with Gasteiger partial charge in [0, 0.05) is 42.3 Å². The van der Waals surface area contributed by atoms with Gasteiger partial charge in [-0.2, -0.15) is 5.26 Å². The average molecular weight is 348 g/mol. The highest BCUT2D eigenvalue weighted by Gasteiger charge is 2.23. The molecule has 0 bridgehead atoms. The standard InChI is InChI=1S/C21H24N4O/c1-4-24-21-19(16(3)23)20(17-10-8-15(2)9-11-17)18(7-5-12-22)25(21)13-6-14-26/h4-5,7-11,23,26H,6,13-14H2,1-3H3/b7-5+,23-16?,24-4?. The van der Waals surface area contributed by atoms with Crippen LogP contribution in [0, 0.1) is 23.7 Å². The number of allylic oxidation sites excluding steroid dienone is 1. The van der Waals surface area contributed by atoms with E-state index in [0.29, 0.717) is 24.5 Å². The van der Waals surface area contributed by atoms with Crippen LogP contribution in [0.5, 0.6) is 0 Å². The number of aryl methyl sites for hydroxylation is 1. The maximum absolute atomic E-state index is 9.28. The maximum atomic E-state index is 9.28. The molecular weight excluding hydrogens is 324 g/mol. The van der Waals surface area contributed by atoms with Crippen LogP contribution in [0.15, 0.2) is 35.3 Å². The van der Waals surface area contributed by atoms with Crippen molar-refractivity contribution in [1.29, 1.82) is 10.7 Å². The van der Waals surface area contributed by atoms with Crippen LogP contribution in [0.4, 0.5) is 5.82 Å². The second kappa shape index (κ2) is 8.93. The summed E-state index contributed by atoms with van der Waals surface area (Å²) in [4.78, 5) is 4.51. The molecule has 0 spiro atoms. The summed E-state index contributed by atoms with van der Waals surface area (Å²) in [5.41, 5.74) is 5.01. The fourth-order valence-corrected chi connectivity index (χ4v) is 2.99. The predicted molar refractivity (Wildman–Crippen MR) is 107 cm³/mol. The summed E-state index contributed by atoms with van der Waals surface area (Å²) in [6.45, 7) is 6.23. The largest absolute Gasteiger partial charge is 0.396 e. The molecule has 0 saturated heterocycles. The Hall–Kier alpha value is -2.97. The number of nitrogens with one attached hydrogen (secondary N) is 1. The van der Waals surface area contributed by atoms with Gasteiger partial charge in [-0.1, -0.05) is 29.8 Å². The molecule has 2 N–H and O–H groups in total. The lowest BCUT2D eigenvalue weighted by atomic mass is 9.97. The summed E-state index contributed by atoms with van der Waals surface area (Å²) in [5.74, 6) is 0.682. The zero-order chi connectivity index (χ0) is 19.1. The van der Waals surface area contributed by atoms with Crippen LogP contribution in [0.25, 0.3) is 17.2 Å². The minimum absolute atomic E-state index is 0.0631. The van der Waals surface area contributed by atoms with Gasteiger partial charge in [-0.15, -0.1) is 0 Å². The first-order valence-electron chi connectivity index (χ1n) is 8.59. The van der Waals surface area contributed by atoms with Gasteiger partial charge in [0.05, 0.1) is 11.8 Å². The number of aromatic nitrogens is 1. The Morgan fingerprint density at radius 2 is 2.04 bits per heavy atom. The van der Waals surface area contributed by atoms with Crippen LogP contribution in [0.1, 0.15) is 37.1 Å². The number of nitriles is 1. The average Bonchev–Trinajstić information content (AvgIpc) is 2.92. The van der Waals surface area contributed by atoms with Gasteiger partial charge >= 0.3 is 0 Å². The van der Waals surface area contributed by atoms with Crippen molar-refractivity contribution < 1.29 is 5.11 Å². The molecule has 0 amide bonds. The fourth-order valence-electron chi connectivity index (χ4n) is 2.99. The van der Waals surface area contributed by atoms with E-state index in [4.69, 9.17) is 10.7 Å². The lowest BCUT2D eigenvalue weighted by molar-refractivity contribution is 0.280. The summed E-state index contributed by atoms with van der Waals surface area (Å²) in [5, 5.41) is 26.6. The molecule has 5 heteroatoms. The van der Waals surface area contributed by atoms with E-state index in [1.54, 1.807) is 19.2 Å². The molecule has 0 atom stereocenters. The summed E-state index contributed by atoms with van der Waals surface area (Å²) in [6, 6.07) is 10.2. The molecular formula is C21H24N4O. The Bertz CT molecular complexity index is 880. The number of aliphatic hydroxyl groups is 1. The lowest BCUT2D eigenvalue weighted by Gasteiger charge is -2.09. The van der Waals surface area contributed by atoms with Gasteiger partial charge < -0.3 is 15.1 Å². The highest BCUT2D eigenvalue weighted by molar-refractivity contribution is 6.09. The van der Waals surface area contributed by atoms with Gasteiger partial charge in [-0.25, -0.2) is 4.99 Å². The van der Waals surface area contributed by atoms with Crippen LogP contribution in [0.2, 0.25) is 0 Å². The van der Waals surface area contributed by atoms with Gasteiger partial charge in [-0.3, -0.25) is 0 Å². The third kappa shape index (κ3) is 3.98. The van der Waals surface area contributed by atoms with Crippen molar-refractivity contribution in [3.05, 3.63) is 47.2 Å². The molecule has 0 unspecified atom stereocenters. The van der Waals surface area contributed by atoms with E-state index < -0.39 is 0 Å². The van der Waals surface area contributed by atoms with Crippen molar-refractivity contribution in [3.63, 3.8) is 0 Å². The minimum Gasteiger partial charge on any atom is -0.396 e. The number of hydrogen-bond donors (Lipinski definition) is 2. The van der Waals surface area contributed by atoms with Gasteiger partial charge in [0.15, 0.2) is 0 Å². The molecule has 5 nitrogen and oxygen atoms in total. The molecule has 26 heavy (non-hydrogen) atoms. The van der Waals surface area contributed by atoms with Crippen molar-refractivity contribution >= 4 is 23.8 Å². The molecule has 0 aliphatic carbocycles. The van der Waals surface area contributed by atoms with E-state index in [9.17, 15) is 5.11 Å². The van der Waals surface area contributed by atoms with Crippen LogP contribution in [-0.2, 0) is 6.54 Å². The Morgan fingerprint density at radius 3 is 2.58 bits per heavy atom. The second-order valence-electron chi connectivity index (χ2n) is 6.03. The quantitative estimate of drug-likeness (QED) is 0.570. The molecule has 134 valence electrons. The summed E-state index contributed by atoms with van der Waals surface area (Å²) < 4.78 is 1.98. The molecule has 1 aromatic carbocycles. The number of rotatable bonds is 7. The van der Waals surface area contributed by atoms with E-state index >= 15 is 0 Å². The molecule has 0 fully saturated rings. The topological polar surface area (TPSA) is 85.2 Å². The molecule has 2 aromatic rings. The van der Waals surface area contributed by atoms with Gasteiger partial charge in [0.25, 0.3) is 0 Å². The molecule has 0 aliphatic heterocycles. The van der Waals surface area contributed by atoms with Crippen molar-refractivity contribution in [2.24, 2.45) is 4.99 Å². The highest BCUT2D eigenvalue weighted by atomic mass is 16.3. The summed E-state index contributed by atoms with van der Waals surface area (Å²) >= 11 is 0. The van der Waals surface area contributed by atoms with Gasteiger partial charge in [0.2, 0.25) is 0 Å². The van der Waals surface area contributed by atoms with Crippen molar-refractivity contribution in [2.75, 3.05) is 6.61 Å². The highest BCUT2D eigenvalue weighted by Crippen LogP contribution is 2.39. The van der Waals surface area contributed by atoms with Gasteiger partial charge in [-0.05, 0) is 38.8 Å². The molecule has 1 aromatic heterocycles. The summed E-state index contributed by atoms with van der Waals surface area (Å²) in [6.07, 6.45) is 5.46. The van der Waals surface area contributed by atoms with E-state index in [1.807, 2.05) is 48.7 Å². The zero-order valence-electron chi connectivity index (χ0n) is 15.5. The second-order valence-corrected chi connectivity index (χ2v) is 6.03. The first-order valence-corrected chi connectivity index (χ1v) is 8.59.